The van der Waals surface area contributed by atoms with Crippen LogP contribution >= 0.6 is 15.9 Å². The summed E-state index contributed by atoms with van der Waals surface area (Å²) in [6.45, 7) is 0.208. The van der Waals surface area contributed by atoms with E-state index in [9.17, 15) is 14.4 Å². The van der Waals surface area contributed by atoms with Gasteiger partial charge in [-0.2, -0.15) is 0 Å². The molecule has 6 rings (SSSR count). The first-order chi connectivity index (χ1) is 18.9. The van der Waals surface area contributed by atoms with Gasteiger partial charge in [0.25, 0.3) is 0 Å². The van der Waals surface area contributed by atoms with Crippen LogP contribution in [0.5, 0.6) is 5.75 Å². The van der Waals surface area contributed by atoms with E-state index in [4.69, 9.17) is 9.47 Å². The average molecular weight is 595 g/mol. The van der Waals surface area contributed by atoms with Crippen molar-refractivity contribution < 1.29 is 23.9 Å². The van der Waals surface area contributed by atoms with Crippen LogP contribution in [0.15, 0.2) is 65.2 Å². The highest BCUT2D eigenvalue weighted by molar-refractivity contribution is 9.10. The van der Waals surface area contributed by atoms with E-state index < -0.39 is 29.6 Å². The van der Waals surface area contributed by atoms with Crippen molar-refractivity contribution in [2.24, 2.45) is 11.8 Å². The van der Waals surface area contributed by atoms with Gasteiger partial charge in [0.2, 0.25) is 17.7 Å². The molecule has 1 aliphatic carbocycles. The normalized spacial score (nSPS) is 29.4. The Hall–Kier alpha value is -3.17. The maximum Gasteiger partial charge on any atom is 0.246 e. The van der Waals surface area contributed by atoms with Gasteiger partial charge in [0.15, 0.2) is 0 Å². The number of benzene rings is 2. The minimum absolute atomic E-state index is 0.0783. The van der Waals surface area contributed by atoms with Gasteiger partial charge in [0.05, 0.1) is 25.0 Å². The van der Waals surface area contributed by atoms with E-state index in [-0.39, 0.29) is 30.3 Å². The fourth-order valence-corrected chi connectivity index (χ4v) is 6.96. The van der Waals surface area contributed by atoms with Crippen LogP contribution in [0.25, 0.3) is 0 Å². The Balaban J connectivity index is 1.32. The number of fused-ring (bicyclic) bond motifs is 1. The minimum Gasteiger partial charge on any atom is -0.497 e. The molecule has 2 aromatic carbocycles. The molecule has 39 heavy (non-hydrogen) atoms. The Morgan fingerprint density at radius 2 is 1.87 bits per heavy atom. The predicted octanol–water partition coefficient (Wildman–Crippen LogP) is 4.20. The molecule has 3 amide bonds. The number of nitrogens with zero attached hydrogens (tertiary/aromatic N) is 1. The maximum absolute atomic E-state index is 14.2. The molecule has 3 heterocycles. The van der Waals surface area contributed by atoms with E-state index >= 15 is 0 Å². The van der Waals surface area contributed by atoms with Gasteiger partial charge in [-0.05, 0) is 54.8 Å². The summed E-state index contributed by atoms with van der Waals surface area (Å²) in [5.74, 6) is -1.63. The lowest BCUT2D eigenvalue weighted by Gasteiger charge is -2.34. The number of anilines is 1. The van der Waals surface area contributed by atoms with Gasteiger partial charge in [-0.1, -0.05) is 59.5 Å². The predicted molar refractivity (Wildman–Crippen MR) is 149 cm³/mol. The molecule has 1 saturated carbocycles. The number of rotatable bonds is 7. The van der Waals surface area contributed by atoms with Crippen molar-refractivity contribution in [1.82, 2.24) is 10.2 Å². The fraction of sp³-hybridized carbons (Fsp3) is 0.433. The van der Waals surface area contributed by atoms with Gasteiger partial charge >= 0.3 is 0 Å². The second kappa shape index (κ2) is 10.4. The molecule has 2 N–H and O–H groups in total. The zero-order valence-electron chi connectivity index (χ0n) is 21.8. The zero-order chi connectivity index (χ0) is 27.1. The first kappa shape index (κ1) is 26.1. The highest BCUT2D eigenvalue weighted by atomic mass is 79.9. The van der Waals surface area contributed by atoms with Crippen LogP contribution in [0.3, 0.4) is 0 Å². The lowest BCUT2D eigenvalue weighted by atomic mass is 9.74. The smallest absolute Gasteiger partial charge is 0.246 e. The Morgan fingerprint density at radius 1 is 1.10 bits per heavy atom. The molecular formula is C30H32BrN3O5. The molecule has 3 unspecified atom stereocenters. The SMILES string of the molecule is COc1cccc(CN2C(=O)[C@H]3C(C(=O)Nc4ccc(Br)cc4)[C@H]4C=CC3(O4)C2C(=O)NC2CCCCC2)c1. The molecule has 9 heteroatoms. The molecular weight excluding hydrogens is 562 g/mol. The van der Waals surface area contributed by atoms with E-state index in [2.05, 4.69) is 26.6 Å². The number of nitrogens with one attached hydrogen (secondary N) is 2. The molecule has 4 aliphatic rings. The van der Waals surface area contributed by atoms with Crippen LogP contribution in [0.4, 0.5) is 5.69 Å². The Morgan fingerprint density at radius 3 is 2.62 bits per heavy atom. The number of hydrogen-bond acceptors (Lipinski definition) is 5. The quantitative estimate of drug-likeness (QED) is 0.469. The van der Waals surface area contributed by atoms with Gasteiger partial charge in [0.1, 0.15) is 17.4 Å². The highest BCUT2D eigenvalue weighted by Crippen LogP contribution is 2.55. The van der Waals surface area contributed by atoms with E-state index in [0.717, 1.165) is 35.7 Å². The van der Waals surface area contributed by atoms with Crippen molar-refractivity contribution in [3.8, 4) is 5.75 Å². The van der Waals surface area contributed by atoms with E-state index in [1.807, 2.05) is 48.6 Å². The maximum atomic E-state index is 14.2. The minimum atomic E-state index is -1.19. The molecule has 1 spiro atoms. The molecule has 3 aliphatic heterocycles. The molecule has 0 radical (unpaired) electrons. The second-order valence-electron chi connectivity index (χ2n) is 10.9. The van der Waals surface area contributed by atoms with Crippen molar-refractivity contribution >= 4 is 39.3 Å². The Labute approximate surface area is 236 Å². The average Bonchev–Trinajstić information content (AvgIpc) is 3.58. The third kappa shape index (κ3) is 4.65. The van der Waals surface area contributed by atoms with Crippen LogP contribution in [-0.4, -0.2) is 53.5 Å². The number of halogens is 1. The van der Waals surface area contributed by atoms with Gasteiger partial charge in [-0.25, -0.2) is 0 Å². The lowest BCUT2D eigenvalue weighted by Crippen LogP contribution is -2.56. The van der Waals surface area contributed by atoms with Crippen molar-refractivity contribution in [3.05, 3.63) is 70.7 Å². The van der Waals surface area contributed by atoms with E-state index in [1.165, 1.54) is 6.42 Å². The Kier molecular flexibility index (Phi) is 6.97. The number of likely N-dealkylation sites (tertiary alicyclic amines) is 1. The number of hydrogen-bond donors (Lipinski definition) is 2. The summed E-state index contributed by atoms with van der Waals surface area (Å²) in [6.07, 6.45) is 8.29. The summed E-state index contributed by atoms with van der Waals surface area (Å²) in [7, 11) is 1.59. The summed E-state index contributed by atoms with van der Waals surface area (Å²) >= 11 is 3.41. The van der Waals surface area contributed by atoms with Gasteiger partial charge in [0, 0.05) is 22.7 Å². The number of ether oxygens (including phenoxy) is 2. The van der Waals surface area contributed by atoms with Gasteiger partial charge in [-0.3, -0.25) is 14.4 Å². The van der Waals surface area contributed by atoms with Gasteiger partial charge in [-0.15, -0.1) is 0 Å². The summed E-state index contributed by atoms with van der Waals surface area (Å²) < 4.78 is 12.7. The number of carbonyl (C=O) groups excluding carboxylic acids is 3. The monoisotopic (exact) mass is 593 g/mol. The molecule has 2 aromatic rings. The number of amides is 3. The summed E-state index contributed by atoms with van der Waals surface area (Å²) in [6, 6.07) is 14.0. The van der Waals surface area contributed by atoms with Crippen molar-refractivity contribution in [1.29, 1.82) is 0 Å². The molecule has 204 valence electrons. The second-order valence-corrected chi connectivity index (χ2v) is 11.8. The number of carbonyl (C=O) groups is 3. The van der Waals surface area contributed by atoms with Crippen LogP contribution in [0.2, 0.25) is 0 Å². The standard InChI is InChI=1S/C30H32BrN3O5/c1-38-22-9-5-6-18(16-22)17-34-26(28(36)33-20-7-3-2-4-8-20)30-15-14-23(39-30)24(25(30)29(34)37)27(35)32-21-12-10-19(31)11-13-21/h5-6,9-16,20,23-26H,2-4,7-8,17H2,1H3,(H,32,35)(H,33,36)/t23-,24?,25-,26?,30?/m1/s1. The summed E-state index contributed by atoms with van der Waals surface area (Å²) in [5.41, 5.74) is 0.277. The van der Waals surface area contributed by atoms with Crippen LogP contribution < -0.4 is 15.4 Å². The number of methoxy groups -OCH3 is 1. The molecule has 0 aromatic heterocycles. The fourth-order valence-electron chi connectivity index (χ4n) is 6.69. The zero-order valence-corrected chi connectivity index (χ0v) is 23.4. The summed E-state index contributed by atoms with van der Waals surface area (Å²) in [5, 5.41) is 6.18. The highest BCUT2D eigenvalue weighted by Gasteiger charge is 2.72. The molecule has 5 atom stereocenters. The first-order valence-corrected chi connectivity index (χ1v) is 14.4. The van der Waals surface area contributed by atoms with Crippen molar-refractivity contribution in [3.63, 3.8) is 0 Å². The molecule has 2 saturated heterocycles. The van der Waals surface area contributed by atoms with Crippen molar-refractivity contribution in [2.45, 2.75) is 62.4 Å². The van der Waals surface area contributed by atoms with Crippen LogP contribution in [0.1, 0.15) is 37.7 Å². The largest absolute Gasteiger partial charge is 0.497 e. The first-order valence-electron chi connectivity index (χ1n) is 13.6. The van der Waals surface area contributed by atoms with Crippen molar-refractivity contribution in [2.75, 3.05) is 12.4 Å². The third-order valence-electron chi connectivity index (χ3n) is 8.48. The lowest BCUT2D eigenvalue weighted by molar-refractivity contribution is -0.142. The van der Waals surface area contributed by atoms with Gasteiger partial charge < -0.3 is 25.0 Å². The van der Waals surface area contributed by atoms with Crippen LogP contribution in [-0.2, 0) is 25.7 Å². The van der Waals surface area contributed by atoms with E-state index in [1.54, 1.807) is 24.1 Å². The molecule has 8 nitrogen and oxygen atoms in total. The summed E-state index contributed by atoms with van der Waals surface area (Å²) in [4.78, 5) is 43.3. The molecule has 3 fully saturated rings. The molecule has 2 bridgehead atoms. The third-order valence-corrected chi connectivity index (χ3v) is 9.00. The van der Waals surface area contributed by atoms with Crippen LogP contribution in [0, 0.1) is 11.8 Å². The Bertz CT molecular complexity index is 1310. The topological polar surface area (TPSA) is 97.0 Å². The van der Waals surface area contributed by atoms with E-state index in [0.29, 0.717) is 11.4 Å².